The number of piperazine rings is 1. The molecule has 1 amide bonds. The van der Waals surface area contributed by atoms with Crippen LogP contribution in [-0.4, -0.2) is 58.7 Å². The summed E-state index contributed by atoms with van der Waals surface area (Å²) in [6.07, 6.45) is 3.23. The van der Waals surface area contributed by atoms with E-state index in [-0.39, 0.29) is 6.09 Å². The Kier molecular flexibility index (Phi) is 5.65. The predicted octanol–water partition coefficient (Wildman–Crippen LogP) is 3.48. The molecule has 4 rings (SSSR count). The normalized spacial score (nSPS) is 14.0. The summed E-state index contributed by atoms with van der Waals surface area (Å²) in [4.78, 5) is 29.6. The second kappa shape index (κ2) is 8.68. The third kappa shape index (κ3) is 4.34. The van der Waals surface area contributed by atoms with Gasteiger partial charge in [-0.15, -0.1) is 0 Å². The molecular formula is C22H23N5O2. The Balaban J connectivity index is 1.64. The summed E-state index contributed by atoms with van der Waals surface area (Å²) in [5, 5.41) is 0. The van der Waals surface area contributed by atoms with Crippen LogP contribution in [0.1, 0.15) is 6.92 Å². The molecule has 0 saturated carbocycles. The van der Waals surface area contributed by atoms with Gasteiger partial charge < -0.3 is 14.5 Å². The zero-order chi connectivity index (χ0) is 20.1. The Morgan fingerprint density at radius 2 is 1.69 bits per heavy atom. The Morgan fingerprint density at radius 1 is 0.966 bits per heavy atom. The number of hydrogen-bond donors (Lipinski definition) is 0. The average molecular weight is 389 g/mol. The maximum atomic E-state index is 12.0. The van der Waals surface area contributed by atoms with Crippen molar-refractivity contribution in [2.75, 3.05) is 37.7 Å². The van der Waals surface area contributed by atoms with Crippen molar-refractivity contribution in [3.05, 3.63) is 60.9 Å². The largest absolute Gasteiger partial charge is 0.450 e. The van der Waals surface area contributed by atoms with Gasteiger partial charge in [-0.05, 0) is 19.1 Å². The Bertz CT molecular complexity index is 900. The summed E-state index contributed by atoms with van der Waals surface area (Å²) < 4.78 is 5.11. The summed E-state index contributed by atoms with van der Waals surface area (Å²) in [6, 6.07) is 15.9. The zero-order valence-corrected chi connectivity index (χ0v) is 16.4. The summed E-state index contributed by atoms with van der Waals surface area (Å²) in [6.45, 7) is 4.81. The smallest absolute Gasteiger partial charge is 0.409 e. The first kappa shape index (κ1) is 18.9. The first-order valence-electron chi connectivity index (χ1n) is 9.76. The van der Waals surface area contributed by atoms with E-state index >= 15 is 0 Å². The highest BCUT2D eigenvalue weighted by Gasteiger charge is 2.23. The van der Waals surface area contributed by atoms with Crippen molar-refractivity contribution in [2.24, 2.45) is 0 Å². The third-order valence-corrected chi connectivity index (χ3v) is 4.85. The molecule has 2 aromatic heterocycles. The molecule has 0 bridgehead atoms. The minimum Gasteiger partial charge on any atom is -0.450 e. The molecule has 0 aliphatic carbocycles. The van der Waals surface area contributed by atoms with Crippen LogP contribution < -0.4 is 4.90 Å². The monoisotopic (exact) mass is 389 g/mol. The van der Waals surface area contributed by atoms with E-state index in [1.807, 2.05) is 55.5 Å². The topological polar surface area (TPSA) is 71.5 Å². The minimum absolute atomic E-state index is 0.253. The molecule has 3 aromatic rings. The fourth-order valence-corrected chi connectivity index (χ4v) is 3.32. The molecule has 7 heteroatoms. The Hall–Kier alpha value is -3.48. The van der Waals surface area contributed by atoms with Gasteiger partial charge in [0, 0.05) is 55.8 Å². The quantitative estimate of drug-likeness (QED) is 0.680. The minimum atomic E-state index is -0.253. The molecule has 1 saturated heterocycles. The number of carbonyl (C=O) groups excluding carboxylic acids is 1. The van der Waals surface area contributed by atoms with Crippen molar-refractivity contribution >= 4 is 11.9 Å². The van der Waals surface area contributed by atoms with Crippen LogP contribution in [0.2, 0.25) is 0 Å². The van der Waals surface area contributed by atoms with Gasteiger partial charge in [0.05, 0.1) is 12.3 Å². The third-order valence-electron chi connectivity index (χ3n) is 4.85. The molecule has 0 N–H and O–H groups in total. The van der Waals surface area contributed by atoms with Crippen LogP contribution in [0, 0.1) is 0 Å². The molecule has 0 radical (unpaired) electrons. The van der Waals surface area contributed by atoms with Crippen molar-refractivity contribution in [2.45, 2.75) is 6.92 Å². The van der Waals surface area contributed by atoms with Crippen molar-refractivity contribution in [3.63, 3.8) is 0 Å². The highest BCUT2D eigenvalue weighted by Crippen LogP contribution is 2.26. The first-order chi connectivity index (χ1) is 14.2. The summed E-state index contributed by atoms with van der Waals surface area (Å²) >= 11 is 0. The number of aromatic nitrogens is 3. The van der Waals surface area contributed by atoms with Gasteiger partial charge in [-0.2, -0.15) is 0 Å². The molecule has 1 aliphatic rings. The van der Waals surface area contributed by atoms with E-state index in [1.54, 1.807) is 17.3 Å². The van der Waals surface area contributed by atoms with E-state index in [0.717, 1.165) is 22.6 Å². The van der Waals surface area contributed by atoms with E-state index in [1.165, 1.54) is 0 Å². The highest BCUT2D eigenvalue weighted by molar-refractivity contribution is 5.69. The molecule has 1 aromatic carbocycles. The van der Waals surface area contributed by atoms with Crippen LogP contribution in [-0.2, 0) is 4.74 Å². The Labute approximate surface area is 170 Å². The van der Waals surface area contributed by atoms with Crippen molar-refractivity contribution < 1.29 is 9.53 Å². The number of ether oxygens (including phenoxy) is 1. The fraction of sp³-hybridized carbons (Fsp3) is 0.273. The summed E-state index contributed by atoms with van der Waals surface area (Å²) in [5.74, 6) is 1.52. The molecule has 0 spiro atoms. The number of pyridine rings is 1. The van der Waals surface area contributed by atoms with Gasteiger partial charge in [-0.1, -0.05) is 30.3 Å². The number of amides is 1. The van der Waals surface area contributed by atoms with Crippen molar-refractivity contribution in [1.29, 1.82) is 0 Å². The molecule has 7 nitrogen and oxygen atoms in total. The van der Waals surface area contributed by atoms with Crippen molar-refractivity contribution in [1.82, 2.24) is 19.9 Å². The number of hydrogen-bond acceptors (Lipinski definition) is 6. The molecule has 1 fully saturated rings. The highest BCUT2D eigenvalue weighted by atomic mass is 16.6. The first-order valence-corrected chi connectivity index (χ1v) is 9.76. The summed E-state index contributed by atoms with van der Waals surface area (Å²) in [7, 11) is 0. The molecule has 3 heterocycles. The Morgan fingerprint density at radius 3 is 2.38 bits per heavy atom. The summed E-state index contributed by atoms with van der Waals surface area (Å²) in [5.41, 5.74) is 2.83. The standard InChI is InChI=1S/C22H23N5O2/c1-2-29-22(28)27-14-12-26(13-15-27)20-16-19(17-6-4-3-5-7-17)24-21(25-20)18-8-10-23-11-9-18/h3-11,16H,2,12-15H2,1H3. The van der Waals surface area contributed by atoms with Crippen LogP contribution >= 0.6 is 0 Å². The van der Waals surface area contributed by atoms with E-state index in [4.69, 9.17) is 14.7 Å². The SMILES string of the molecule is CCOC(=O)N1CCN(c2cc(-c3ccccc3)nc(-c3ccncc3)n2)CC1. The molecule has 0 unspecified atom stereocenters. The number of carbonyl (C=O) groups is 1. The molecule has 1 aliphatic heterocycles. The molecule has 0 atom stereocenters. The van der Waals surface area contributed by atoms with Crippen LogP contribution in [0.3, 0.4) is 0 Å². The van der Waals surface area contributed by atoms with E-state index in [2.05, 4.69) is 9.88 Å². The van der Waals surface area contributed by atoms with Gasteiger partial charge in [0.2, 0.25) is 0 Å². The van der Waals surface area contributed by atoms with Gasteiger partial charge in [0.25, 0.3) is 0 Å². The number of nitrogens with zero attached hydrogens (tertiary/aromatic N) is 5. The van der Waals surface area contributed by atoms with Crippen LogP contribution in [0.15, 0.2) is 60.9 Å². The van der Waals surface area contributed by atoms with Gasteiger partial charge in [0.1, 0.15) is 5.82 Å². The van der Waals surface area contributed by atoms with E-state index in [0.29, 0.717) is 38.6 Å². The molecule has 29 heavy (non-hydrogen) atoms. The lowest BCUT2D eigenvalue weighted by molar-refractivity contribution is 0.105. The lowest BCUT2D eigenvalue weighted by Gasteiger charge is -2.35. The van der Waals surface area contributed by atoms with Gasteiger partial charge in [-0.3, -0.25) is 4.98 Å². The number of rotatable bonds is 4. The maximum Gasteiger partial charge on any atom is 0.409 e. The van der Waals surface area contributed by atoms with Gasteiger partial charge >= 0.3 is 6.09 Å². The van der Waals surface area contributed by atoms with E-state index in [9.17, 15) is 4.79 Å². The van der Waals surface area contributed by atoms with Crippen LogP contribution in [0.5, 0.6) is 0 Å². The number of benzene rings is 1. The lowest BCUT2D eigenvalue weighted by atomic mass is 10.1. The maximum absolute atomic E-state index is 12.0. The van der Waals surface area contributed by atoms with Crippen LogP contribution in [0.4, 0.5) is 10.6 Å². The fourth-order valence-electron chi connectivity index (χ4n) is 3.32. The van der Waals surface area contributed by atoms with Crippen LogP contribution in [0.25, 0.3) is 22.6 Å². The zero-order valence-electron chi connectivity index (χ0n) is 16.4. The average Bonchev–Trinajstić information content (AvgIpc) is 2.80. The number of anilines is 1. The lowest BCUT2D eigenvalue weighted by Crippen LogP contribution is -2.49. The van der Waals surface area contributed by atoms with Crippen molar-refractivity contribution in [3.8, 4) is 22.6 Å². The van der Waals surface area contributed by atoms with Gasteiger partial charge in [-0.25, -0.2) is 14.8 Å². The second-order valence-electron chi connectivity index (χ2n) is 6.71. The molecular weight excluding hydrogens is 366 g/mol. The second-order valence-corrected chi connectivity index (χ2v) is 6.71. The molecule has 148 valence electrons. The van der Waals surface area contributed by atoms with E-state index < -0.39 is 0 Å². The van der Waals surface area contributed by atoms with Gasteiger partial charge in [0.15, 0.2) is 5.82 Å². The predicted molar refractivity (Wildman–Crippen MR) is 112 cm³/mol.